The van der Waals surface area contributed by atoms with Gasteiger partial charge in [-0.25, -0.2) is 4.98 Å². The van der Waals surface area contributed by atoms with Crippen molar-refractivity contribution in [3.63, 3.8) is 0 Å². The average molecular weight is 314 g/mol. The van der Waals surface area contributed by atoms with Gasteiger partial charge in [-0.2, -0.15) is 0 Å². The van der Waals surface area contributed by atoms with Gasteiger partial charge in [-0.1, -0.05) is 17.7 Å². The Bertz CT molecular complexity index is 673. The molecule has 1 aromatic heterocycles. The molecule has 0 fully saturated rings. The second-order valence-corrected chi connectivity index (χ2v) is 5.91. The van der Waals surface area contributed by atoms with Crippen molar-refractivity contribution in [1.82, 2.24) is 15.6 Å². The first kappa shape index (κ1) is 17.1. The highest BCUT2D eigenvalue weighted by atomic mass is 16.4. The predicted molar refractivity (Wildman–Crippen MR) is 93.7 cm³/mol. The smallest absolute Gasteiger partial charge is 0.214 e. The number of benzene rings is 1. The Balaban J connectivity index is 1.95. The number of aliphatic imine (C=N–C) groups is 1. The second-order valence-electron chi connectivity index (χ2n) is 5.91. The number of aryl methyl sites for hydroxylation is 5. The van der Waals surface area contributed by atoms with Crippen molar-refractivity contribution in [3.8, 4) is 0 Å². The normalized spacial score (nSPS) is 11.7. The number of oxazole rings is 1. The molecule has 1 aromatic carbocycles. The van der Waals surface area contributed by atoms with E-state index in [-0.39, 0.29) is 0 Å². The zero-order valence-corrected chi connectivity index (χ0v) is 14.9. The topological polar surface area (TPSA) is 62.5 Å². The first-order valence-corrected chi connectivity index (χ1v) is 7.85. The lowest BCUT2D eigenvalue weighted by Gasteiger charge is -2.15. The van der Waals surface area contributed by atoms with E-state index in [1.165, 1.54) is 22.3 Å². The fraction of sp³-hybridized carbons (Fsp3) is 0.444. The summed E-state index contributed by atoms with van der Waals surface area (Å²) in [5, 5.41) is 6.58. The van der Waals surface area contributed by atoms with E-state index in [0.717, 1.165) is 24.0 Å². The largest absolute Gasteiger partial charge is 0.444 e. The van der Waals surface area contributed by atoms with Crippen molar-refractivity contribution in [2.75, 3.05) is 7.05 Å². The molecule has 0 saturated heterocycles. The fourth-order valence-corrected chi connectivity index (χ4v) is 2.66. The van der Waals surface area contributed by atoms with E-state index in [4.69, 9.17) is 4.42 Å². The van der Waals surface area contributed by atoms with Gasteiger partial charge in [-0.3, -0.25) is 4.99 Å². The van der Waals surface area contributed by atoms with Gasteiger partial charge < -0.3 is 15.1 Å². The lowest BCUT2D eigenvalue weighted by atomic mass is 10.00. The highest BCUT2D eigenvalue weighted by molar-refractivity contribution is 5.79. The van der Waals surface area contributed by atoms with Crippen molar-refractivity contribution >= 4 is 5.96 Å². The monoisotopic (exact) mass is 314 g/mol. The highest BCUT2D eigenvalue weighted by Gasteiger charge is 2.08. The lowest BCUT2D eigenvalue weighted by Crippen LogP contribution is -2.36. The number of guanidine groups is 1. The number of hydrogen-bond donors (Lipinski definition) is 2. The molecule has 0 atom stereocenters. The molecule has 0 amide bonds. The maximum Gasteiger partial charge on any atom is 0.214 e. The van der Waals surface area contributed by atoms with Crippen molar-refractivity contribution < 1.29 is 4.42 Å². The fourth-order valence-electron chi connectivity index (χ4n) is 2.66. The van der Waals surface area contributed by atoms with Gasteiger partial charge in [-0.15, -0.1) is 0 Å². The summed E-state index contributed by atoms with van der Waals surface area (Å²) >= 11 is 0. The molecule has 0 aliphatic rings. The SMILES string of the molecule is CN=C(NCc1nc(C)c(C)o1)NCc1c(C)cc(C)cc1C. The molecule has 23 heavy (non-hydrogen) atoms. The van der Waals surface area contributed by atoms with E-state index in [1.807, 2.05) is 13.8 Å². The van der Waals surface area contributed by atoms with Crippen LogP contribution in [0.1, 0.15) is 39.6 Å². The van der Waals surface area contributed by atoms with Crippen molar-refractivity contribution in [3.05, 3.63) is 51.7 Å². The van der Waals surface area contributed by atoms with E-state index in [1.54, 1.807) is 7.05 Å². The molecule has 1 heterocycles. The van der Waals surface area contributed by atoms with Gasteiger partial charge >= 0.3 is 0 Å². The molecule has 2 rings (SSSR count). The van der Waals surface area contributed by atoms with Crippen molar-refractivity contribution in [1.29, 1.82) is 0 Å². The third-order valence-corrected chi connectivity index (χ3v) is 3.98. The molecule has 124 valence electrons. The molecule has 0 radical (unpaired) electrons. The molecule has 5 nitrogen and oxygen atoms in total. The molecule has 0 aliphatic carbocycles. The Morgan fingerprint density at radius 2 is 1.65 bits per heavy atom. The van der Waals surface area contributed by atoms with Crippen LogP contribution in [-0.2, 0) is 13.1 Å². The molecule has 5 heteroatoms. The van der Waals surface area contributed by atoms with E-state index >= 15 is 0 Å². The van der Waals surface area contributed by atoms with Crippen molar-refractivity contribution in [2.24, 2.45) is 4.99 Å². The van der Waals surface area contributed by atoms with Gasteiger partial charge in [0, 0.05) is 13.6 Å². The van der Waals surface area contributed by atoms with E-state index in [2.05, 4.69) is 53.5 Å². The number of hydrogen-bond acceptors (Lipinski definition) is 3. The summed E-state index contributed by atoms with van der Waals surface area (Å²) in [5.41, 5.74) is 6.12. The van der Waals surface area contributed by atoms with Crippen LogP contribution < -0.4 is 10.6 Å². The van der Waals surface area contributed by atoms with Crippen LogP contribution in [0.15, 0.2) is 21.5 Å². The maximum atomic E-state index is 5.57. The van der Waals surface area contributed by atoms with E-state index in [9.17, 15) is 0 Å². The molecule has 2 aromatic rings. The molecule has 0 bridgehead atoms. The van der Waals surface area contributed by atoms with Crippen molar-refractivity contribution in [2.45, 2.75) is 47.7 Å². The Labute approximate surface area is 138 Å². The Morgan fingerprint density at radius 1 is 1.04 bits per heavy atom. The van der Waals surface area contributed by atoms with Crippen LogP contribution in [0.25, 0.3) is 0 Å². The van der Waals surface area contributed by atoms with Crippen LogP contribution in [-0.4, -0.2) is 18.0 Å². The van der Waals surface area contributed by atoms with Crippen LogP contribution in [0.2, 0.25) is 0 Å². The van der Waals surface area contributed by atoms with Crippen LogP contribution in [0.4, 0.5) is 0 Å². The minimum atomic E-state index is 0.514. The molecule has 0 aliphatic heterocycles. The summed E-state index contributed by atoms with van der Waals surface area (Å²) in [6, 6.07) is 4.41. The first-order chi connectivity index (χ1) is 10.9. The molecular formula is C18H26N4O. The molecule has 0 spiro atoms. The minimum Gasteiger partial charge on any atom is -0.444 e. The summed E-state index contributed by atoms with van der Waals surface area (Å²) in [6.45, 7) is 11.5. The van der Waals surface area contributed by atoms with E-state index in [0.29, 0.717) is 12.4 Å². The second kappa shape index (κ2) is 7.31. The van der Waals surface area contributed by atoms with Gasteiger partial charge in [0.05, 0.1) is 12.2 Å². The van der Waals surface area contributed by atoms with Gasteiger partial charge in [-0.05, 0) is 51.3 Å². The lowest BCUT2D eigenvalue weighted by molar-refractivity contribution is 0.463. The molecular weight excluding hydrogens is 288 g/mol. The maximum absolute atomic E-state index is 5.57. The number of aromatic nitrogens is 1. The summed E-state index contributed by atoms with van der Waals surface area (Å²) in [5.74, 6) is 2.26. The summed E-state index contributed by atoms with van der Waals surface area (Å²) in [6.07, 6.45) is 0. The average Bonchev–Trinajstić information content (AvgIpc) is 2.79. The quantitative estimate of drug-likeness (QED) is 0.672. The van der Waals surface area contributed by atoms with Gasteiger partial charge in [0.1, 0.15) is 5.76 Å². The summed E-state index contributed by atoms with van der Waals surface area (Å²) in [7, 11) is 1.76. The van der Waals surface area contributed by atoms with Gasteiger partial charge in [0.15, 0.2) is 5.96 Å². The summed E-state index contributed by atoms with van der Waals surface area (Å²) < 4.78 is 5.57. The van der Waals surface area contributed by atoms with Crippen LogP contribution in [0.3, 0.4) is 0 Å². The minimum absolute atomic E-state index is 0.514. The van der Waals surface area contributed by atoms with Crippen LogP contribution >= 0.6 is 0 Å². The zero-order valence-electron chi connectivity index (χ0n) is 14.9. The van der Waals surface area contributed by atoms with Gasteiger partial charge in [0.2, 0.25) is 5.89 Å². The number of nitrogens with zero attached hydrogens (tertiary/aromatic N) is 2. The Kier molecular flexibility index (Phi) is 5.42. The number of rotatable bonds is 4. The molecule has 2 N–H and O–H groups in total. The molecule has 0 saturated carbocycles. The van der Waals surface area contributed by atoms with Crippen LogP contribution in [0, 0.1) is 34.6 Å². The van der Waals surface area contributed by atoms with Crippen LogP contribution in [0.5, 0.6) is 0 Å². The highest BCUT2D eigenvalue weighted by Crippen LogP contribution is 2.16. The third kappa shape index (κ3) is 4.34. The summed E-state index contributed by atoms with van der Waals surface area (Å²) in [4.78, 5) is 8.61. The first-order valence-electron chi connectivity index (χ1n) is 7.85. The zero-order chi connectivity index (χ0) is 17.0. The Morgan fingerprint density at radius 3 is 2.17 bits per heavy atom. The van der Waals surface area contributed by atoms with Gasteiger partial charge in [0.25, 0.3) is 0 Å². The standard InChI is InChI=1S/C18H26N4O/c1-11-7-12(2)16(13(3)8-11)9-20-18(19-6)21-10-17-22-14(4)15(5)23-17/h7-8H,9-10H2,1-6H3,(H2,19,20,21). The third-order valence-electron chi connectivity index (χ3n) is 3.98. The predicted octanol–water partition coefficient (Wildman–Crippen LogP) is 3.08. The molecule has 0 unspecified atom stereocenters. The Hall–Kier alpha value is -2.30. The van der Waals surface area contributed by atoms with E-state index < -0.39 is 0 Å². The number of nitrogens with one attached hydrogen (secondary N) is 2.